The minimum absolute atomic E-state index is 0.0312. The molecule has 1 aliphatic rings. The largest absolute Gasteiger partial charge is 0.497 e. The summed E-state index contributed by atoms with van der Waals surface area (Å²) in [5, 5.41) is 3.01. The van der Waals surface area contributed by atoms with Gasteiger partial charge in [0.15, 0.2) is 5.65 Å². The molecule has 162 valence electrons. The second-order valence-electron chi connectivity index (χ2n) is 7.77. The Hall–Kier alpha value is -3.42. The number of methoxy groups -OCH3 is 2. The van der Waals surface area contributed by atoms with Gasteiger partial charge in [-0.1, -0.05) is 0 Å². The molecule has 4 rings (SSSR count). The predicted octanol–water partition coefficient (Wildman–Crippen LogP) is 3.51. The number of aryl methyl sites for hydroxylation is 2. The van der Waals surface area contributed by atoms with Gasteiger partial charge in [-0.3, -0.25) is 4.79 Å². The summed E-state index contributed by atoms with van der Waals surface area (Å²) in [5.41, 5.74) is 4.76. The lowest BCUT2D eigenvalue weighted by molar-refractivity contribution is -0.120. The maximum absolute atomic E-state index is 13.0. The number of nitrogens with one attached hydrogen (secondary N) is 1. The van der Waals surface area contributed by atoms with Gasteiger partial charge in [-0.15, -0.1) is 0 Å². The second-order valence-corrected chi connectivity index (χ2v) is 7.77. The van der Waals surface area contributed by atoms with Crippen LogP contribution in [0.15, 0.2) is 30.5 Å². The first-order chi connectivity index (χ1) is 15.0. The molecule has 3 aromatic rings. The molecule has 0 radical (unpaired) electrons. The van der Waals surface area contributed by atoms with E-state index in [1.807, 2.05) is 26.1 Å². The molecule has 1 saturated heterocycles. The topological polar surface area (TPSA) is 89.5 Å². The number of hydrogen-bond acceptors (Lipinski definition) is 7. The molecule has 0 bridgehead atoms. The van der Waals surface area contributed by atoms with E-state index in [4.69, 9.17) is 9.47 Å². The molecule has 2 aromatic heterocycles. The van der Waals surface area contributed by atoms with Crippen LogP contribution in [0.25, 0.3) is 11.2 Å². The van der Waals surface area contributed by atoms with E-state index in [1.165, 1.54) is 0 Å². The van der Waals surface area contributed by atoms with Crippen molar-refractivity contribution in [3.8, 4) is 11.5 Å². The highest BCUT2D eigenvalue weighted by Crippen LogP contribution is 2.31. The average molecular weight is 422 g/mol. The summed E-state index contributed by atoms with van der Waals surface area (Å²) in [5.74, 6) is 1.09. The number of ether oxygens (including phenoxy) is 2. The number of benzene rings is 1. The van der Waals surface area contributed by atoms with Crippen molar-refractivity contribution in [1.29, 1.82) is 0 Å². The molecule has 1 amide bonds. The molecule has 1 atom stereocenters. The number of rotatable bonds is 5. The molecule has 0 spiro atoms. The molecule has 8 nitrogen and oxygen atoms in total. The number of anilines is 2. The summed E-state index contributed by atoms with van der Waals surface area (Å²) < 4.78 is 10.7. The third kappa shape index (κ3) is 4.38. The van der Waals surface area contributed by atoms with E-state index < -0.39 is 0 Å². The Morgan fingerprint density at radius 1 is 1.13 bits per heavy atom. The van der Waals surface area contributed by atoms with Crippen molar-refractivity contribution in [2.24, 2.45) is 5.92 Å². The maximum Gasteiger partial charge on any atom is 0.229 e. The van der Waals surface area contributed by atoms with Crippen LogP contribution in [-0.2, 0) is 4.79 Å². The van der Waals surface area contributed by atoms with Crippen molar-refractivity contribution in [1.82, 2.24) is 15.0 Å². The van der Waals surface area contributed by atoms with Gasteiger partial charge < -0.3 is 19.7 Å². The molecular weight excluding hydrogens is 394 g/mol. The van der Waals surface area contributed by atoms with Gasteiger partial charge in [0.1, 0.15) is 17.0 Å². The van der Waals surface area contributed by atoms with Crippen LogP contribution in [0.4, 0.5) is 11.4 Å². The van der Waals surface area contributed by atoms with Gasteiger partial charge in [0.05, 0.1) is 49.1 Å². The van der Waals surface area contributed by atoms with Crippen LogP contribution in [0.2, 0.25) is 0 Å². The molecular formula is C23H27N5O3. The SMILES string of the molecule is COc1ccc(OC)c(NC(=O)[C@@H]2CCCN(c3cnc4nc(C)c(C)nc4c3)C2)c1. The number of aromatic nitrogens is 3. The fourth-order valence-electron chi connectivity index (χ4n) is 3.85. The number of carbonyl (C=O) groups is 1. The van der Waals surface area contributed by atoms with Gasteiger partial charge in [0.25, 0.3) is 0 Å². The molecule has 0 aliphatic carbocycles. The first kappa shape index (κ1) is 20.8. The van der Waals surface area contributed by atoms with E-state index in [-0.39, 0.29) is 11.8 Å². The molecule has 3 heterocycles. The van der Waals surface area contributed by atoms with Crippen molar-refractivity contribution in [2.75, 3.05) is 37.5 Å². The lowest BCUT2D eigenvalue weighted by Gasteiger charge is -2.33. The van der Waals surface area contributed by atoms with E-state index in [2.05, 4.69) is 25.2 Å². The van der Waals surface area contributed by atoms with E-state index in [0.29, 0.717) is 29.4 Å². The number of piperidine rings is 1. The highest BCUT2D eigenvalue weighted by Gasteiger charge is 2.27. The molecule has 31 heavy (non-hydrogen) atoms. The van der Waals surface area contributed by atoms with Crippen molar-refractivity contribution in [3.05, 3.63) is 41.9 Å². The second kappa shape index (κ2) is 8.75. The number of amides is 1. The van der Waals surface area contributed by atoms with Gasteiger partial charge in [-0.05, 0) is 44.9 Å². The monoisotopic (exact) mass is 421 g/mol. The smallest absolute Gasteiger partial charge is 0.229 e. The standard InChI is InChI=1S/C23H27N5O3/c1-14-15(2)26-22-20(25-14)10-17(12-24-22)28-9-5-6-16(13-28)23(29)27-19-11-18(30-3)7-8-21(19)31-4/h7-8,10-12,16H,5-6,9,13H2,1-4H3,(H,27,29)/t16-/m1/s1. The number of pyridine rings is 1. The molecule has 1 N–H and O–H groups in total. The van der Waals surface area contributed by atoms with Crippen molar-refractivity contribution < 1.29 is 14.3 Å². The highest BCUT2D eigenvalue weighted by molar-refractivity contribution is 5.94. The number of nitrogens with zero attached hydrogens (tertiary/aromatic N) is 4. The van der Waals surface area contributed by atoms with Crippen molar-refractivity contribution in [3.63, 3.8) is 0 Å². The molecule has 0 unspecified atom stereocenters. The Morgan fingerprint density at radius 2 is 1.94 bits per heavy atom. The zero-order valence-electron chi connectivity index (χ0n) is 18.3. The summed E-state index contributed by atoms with van der Waals surface area (Å²) in [6.07, 6.45) is 3.56. The quantitative estimate of drug-likeness (QED) is 0.674. The van der Waals surface area contributed by atoms with Crippen LogP contribution in [0.5, 0.6) is 11.5 Å². The summed E-state index contributed by atoms with van der Waals surface area (Å²) in [4.78, 5) is 28.8. The molecule has 8 heteroatoms. The van der Waals surface area contributed by atoms with Crippen LogP contribution >= 0.6 is 0 Å². The van der Waals surface area contributed by atoms with E-state index in [9.17, 15) is 4.79 Å². The Balaban J connectivity index is 1.51. The normalized spacial score (nSPS) is 16.3. The van der Waals surface area contributed by atoms with Crippen LogP contribution in [0.3, 0.4) is 0 Å². The van der Waals surface area contributed by atoms with Gasteiger partial charge >= 0.3 is 0 Å². The van der Waals surface area contributed by atoms with Gasteiger partial charge in [-0.2, -0.15) is 0 Å². The van der Waals surface area contributed by atoms with E-state index in [0.717, 1.165) is 42.0 Å². The number of carbonyl (C=O) groups excluding carboxylic acids is 1. The summed E-state index contributed by atoms with van der Waals surface area (Å²) in [6, 6.07) is 7.36. The van der Waals surface area contributed by atoms with Crippen LogP contribution in [-0.4, -0.2) is 48.2 Å². The van der Waals surface area contributed by atoms with Crippen molar-refractivity contribution in [2.45, 2.75) is 26.7 Å². The highest BCUT2D eigenvalue weighted by atomic mass is 16.5. The minimum atomic E-state index is -0.147. The Bertz CT molecular complexity index is 1120. The Morgan fingerprint density at radius 3 is 2.71 bits per heavy atom. The third-order valence-corrected chi connectivity index (χ3v) is 5.74. The summed E-state index contributed by atoms with van der Waals surface area (Å²) in [6.45, 7) is 5.37. The zero-order chi connectivity index (χ0) is 22.0. The van der Waals surface area contributed by atoms with E-state index in [1.54, 1.807) is 32.4 Å². The Labute approximate surface area is 181 Å². The summed E-state index contributed by atoms with van der Waals surface area (Å²) >= 11 is 0. The van der Waals surface area contributed by atoms with E-state index >= 15 is 0 Å². The number of fused-ring (bicyclic) bond motifs is 1. The predicted molar refractivity (Wildman–Crippen MR) is 120 cm³/mol. The maximum atomic E-state index is 13.0. The van der Waals surface area contributed by atoms with Gasteiger partial charge in [0.2, 0.25) is 5.91 Å². The zero-order valence-corrected chi connectivity index (χ0v) is 18.3. The number of hydrogen-bond donors (Lipinski definition) is 1. The first-order valence-corrected chi connectivity index (χ1v) is 10.4. The molecule has 1 aliphatic heterocycles. The lowest BCUT2D eigenvalue weighted by Crippen LogP contribution is -2.40. The third-order valence-electron chi connectivity index (χ3n) is 5.74. The molecule has 1 aromatic carbocycles. The minimum Gasteiger partial charge on any atom is -0.497 e. The molecule has 1 fully saturated rings. The average Bonchev–Trinajstić information content (AvgIpc) is 2.79. The summed E-state index contributed by atoms with van der Waals surface area (Å²) in [7, 11) is 3.18. The fourth-order valence-corrected chi connectivity index (χ4v) is 3.85. The first-order valence-electron chi connectivity index (χ1n) is 10.4. The van der Waals surface area contributed by atoms with Crippen LogP contribution in [0, 0.1) is 19.8 Å². The van der Waals surface area contributed by atoms with Crippen LogP contribution in [0.1, 0.15) is 24.2 Å². The van der Waals surface area contributed by atoms with Crippen LogP contribution < -0.4 is 19.7 Å². The molecule has 0 saturated carbocycles. The Kier molecular flexibility index (Phi) is 5.88. The fraction of sp³-hybridized carbons (Fsp3) is 0.391. The van der Waals surface area contributed by atoms with Crippen molar-refractivity contribution >= 4 is 28.4 Å². The van der Waals surface area contributed by atoms with Gasteiger partial charge in [0, 0.05) is 19.2 Å². The van der Waals surface area contributed by atoms with Gasteiger partial charge in [-0.25, -0.2) is 15.0 Å². The lowest BCUT2D eigenvalue weighted by atomic mass is 9.96.